The highest BCUT2D eigenvalue weighted by Gasteiger charge is 2.63. The summed E-state index contributed by atoms with van der Waals surface area (Å²) in [6.45, 7) is 4.31. The minimum absolute atomic E-state index is 0.276. The van der Waals surface area contributed by atoms with E-state index in [-0.39, 0.29) is 3.42 Å². The second-order valence-electron chi connectivity index (χ2n) is 9.08. The highest BCUT2D eigenvalue weighted by Crippen LogP contribution is 2.67. The van der Waals surface area contributed by atoms with Gasteiger partial charge in [-0.1, -0.05) is 64.9 Å². The third kappa shape index (κ3) is 2.51. The summed E-state index contributed by atoms with van der Waals surface area (Å²) in [5.74, 6) is 5.15. The van der Waals surface area contributed by atoms with E-state index in [1.165, 1.54) is 51.4 Å². The first-order chi connectivity index (χ1) is 10.9. The quantitative estimate of drug-likeness (QED) is 0.286. The first-order valence-corrected chi connectivity index (χ1v) is 11.9. The van der Waals surface area contributed by atoms with Gasteiger partial charge in [0, 0.05) is 12.8 Å². The molecule has 0 N–H and O–H groups in total. The van der Waals surface area contributed by atoms with Crippen LogP contribution in [0.5, 0.6) is 0 Å². The lowest BCUT2D eigenvalue weighted by molar-refractivity contribution is -0.121. The molecule has 4 aliphatic carbocycles. The number of fused-ring (bicyclic) bond motifs is 5. The zero-order valence-corrected chi connectivity index (χ0v) is 18.8. The summed E-state index contributed by atoms with van der Waals surface area (Å²) in [6.07, 6.45) is 12.6. The maximum absolute atomic E-state index is 12.3. The topological polar surface area (TPSA) is 17.1 Å². The van der Waals surface area contributed by atoms with Crippen molar-refractivity contribution in [2.24, 2.45) is 35.5 Å². The van der Waals surface area contributed by atoms with Crippen molar-refractivity contribution >= 4 is 51.0 Å². The molecule has 1 nitrogen and oxygen atoms in total. The molecule has 23 heavy (non-hydrogen) atoms. The Morgan fingerprint density at radius 1 is 1.00 bits per heavy atom. The van der Waals surface area contributed by atoms with Gasteiger partial charge in [0.2, 0.25) is 0 Å². The molecular formula is C20H30I2O. The van der Waals surface area contributed by atoms with Gasteiger partial charge in [-0.05, 0) is 81.5 Å². The number of hydrogen-bond donors (Lipinski definition) is 0. The molecule has 130 valence electrons. The van der Waals surface area contributed by atoms with Gasteiger partial charge in [0.15, 0.2) is 0 Å². The standard InChI is InChI=1S/C20H30I2O/c1-12-11-17(13(2)23)20(22)10-8-16-15(18(12)20)7-6-14-5-3-4-9-19(14,16)21/h12,14-18H,3-11H2,1-2H3. The number of carbonyl (C=O) groups excluding carboxylic acids is 1. The molecule has 0 amide bonds. The largest absolute Gasteiger partial charge is 0.300 e. The lowest BCUT2D eigenvalue weighted by Gasteiger charge is -2.59. The summed E-state index contributed by atoms with van der Waals surface area (Å²) in [7, 11) is 0. The maximum atomic E-state index is 12.3. The van der Waals surface area contributed by atoms with Crippen LogP contribution < -0.4 is 0 Å². The van der Waals surface area contributed by atoms with Crippen LogP contribution in [0.2, 0.25) is 0 Å². The van der Waals surface area contributed by atoms with Gasteiger partial charge in [0.05, 0.1) is 0 Å². The van der Waals surface area contributed by atoms with Gasteiger partial charge >= 0.3 is 0 Å². The Bertz CT molecular complexity index is 506. The highest BCUT2D eigenvalue weighted by atomic mass is 127. The number of ketones is 1. The van der Waals surface area contributed by atoms with Crippen molar-refractivity contribution in [3.05, 3.63) is 0 Å². The van der Waals surface area contributed by atoms with Gasteiger partial charge in [0.25, 0.3) is 0 Å². The summed E-state index contributed by atoms with van der Waals surface area (Å²) in [6, 6.07) is 0. The molecule has 4 saturated carbocycles. The summed E-state index contributed by atoms with van der Waals surface area (Å²) >= 11 is 5.67. The van der Waals surface area contributed by atoms with Crippen molar-refractivity contribution < 1.29 is 4.79 Å². The van der Waals surface area contributed by atoms with Crippen LogP contribution in [0.1, 0.15) is 71.6 Å². The molecule has 4 aliphatic rings. The smallest absolute Gasteiger partial charge is 0.134 e. The molecule has 0 aliphatic heterocycles. The molecule has 8 atom stereocenters. The van der Waals surface area contributed by atoms with Crippen molar-refractivity contribution in [2.75, 3.05) is 0 Å². The fraction of sp³-hybridized carbons (Fsp3) is 0.950. The molecule has 0 bridgehead atoms. The molecule has 0 spiro atoms. The number of Topliss-reactive ketones (excluding diaryl/α,β-unsaturated/α-hetero) is 1. The fourth-order valence-electron chi connectivity index (χ4n) is 7.36. The first-order valence-electron chi connectivity index (χ1n) is 9.76. The average molecular weight is 540 g/mol. The molecule has 0 heterocycles. The van der Waals surface area contributed by atoms with Gasteiger partial charge in [-0.15, -0.1) is 0 Å². The van der Waals surface area contributed by atoms with Gasteiger partial charge in [-0.25, -0.2) is 0 Å². The SMILES string of the molecule is CC(=O)C1CC(C)C2C3CCC4CCCCC4(I)C3CCC12I. The number of rotatable bonds is 1. The van der Waals surface area contributed by atoms with Crippen LogP contribution in [0.4, 0.5) is 0 Å². The normalized spacial score (nSPS) is 55.7. The number of carbonyl (C=O) groups is 1. The Morgan fingerprint density at radius 3 is 2.52 bits per heavy atom. The predicted octanol–water partition coefficient (Wildman–Crippen LogP) is 6.21. The van der Waals surface area contributed by atoms with E-state index < -0.39 is 0 Å². The third-order valence-corrected chi connectivity index (χ3v) is 12.4. The molecule has 0 saturated heterocycles. The van der Waals surface area contributed by atoms with Crippen LogP contribution >= 0.6 is 45.2 Å². The summed E-state index contributed by atoms with van der Waals surface area (Å²) in [4.78, 5) is 12.3. The van der Waals surface area contributed by atoms with Gasteiger partial charge in [-0.3, -0.25) is 4.79 Å². The van der Waals surface area contributed by atoms with Gasteiger partial charge < -0.3 is 0 Å². The molecule has 0 aromatic rings. The van der Waals surface area contributed by atoms with E-state index in [2.05, 4.69) is 52.1 Å². The van der Waals surface area contributed by atoms with E-state index in [0.29, 0.717) is 15.1 Å². The van der Waals surface area contributed by atoms with E-state index in [4.69, 9.17) is 0 Å². The number of hydrogen-bond acceptors (Lipinski definition) is 1. The second kappa shape index (κ2) is 6.09. The lowest BCUT2D eigenvalue weighted by atomic mass is 9.52. The van der Waals surface area contributed by atoms with Crippen molar-refractivity contribution in [1.29, 1.82) is 0 Å². The van der Waals surface area contributed by atoms with Crippen LogP contribution in [0, 0.1) is 35.5 Å². The van der Waals surface area contributed by atoms with E-state index >= 15 is 0 Å². The van der Waals surface area contributed by atoms with Crippen molar-refractivity contribution in [3.8, 4) is 0 Å². The van der Waals surface area contributed by atoms with Crippen LogP contribution in [-0.2, 0) is 4.79 Å². The molecule has 4 rings (SSSR count). The van der Waals surface area contributed by atoms with Crippen LogP contribution in [0.25, 0.3) is 0 Å². The third-order valence-electron chi connectivity index (χ3n) is 8.17. The monoisotopic (exact) mass is 540 g/mol. The molecule has 0 aromatic heterocycles. The van der Waals surface area contributed by atoms with E-state index in [9.17, 15) is 4.79 Å². The summed E-state index contributed by atoms with van der Waals surface area (Å²) in [5, 5.41) is 0. The lowest BCUT2D eigenvalue weighted by Crippen LogP contribution is -2.57. The Kier molecular flexibility index (Phi) is 4.64. The Balaban J connectivity index is 1.67. The average Bonchev–Trinajstić information content (AvgIpc) is 2.78. The molecule has 4 fully saturated rings. The minimum atomic E-state index is 0.276. The van der Waals surface area contributed by atoms with E-state index in [1.54, 1.807) is 0 Å². The molecule has 3 heteroatoms. The Hall–Kier alpha value is 1.13. The highest BCUT2D eigenvalue weighted by molar-refractivity contribution is 14.1. The minimum Gasteiger partial charge on any atom is -0.300 e. The fourth-order valence-corrected chi connectivity index (χ4v) is 11.2. The summed E-state index contributed by atoms with van der Waals surface area (Å²) < 4.78 is 0.865. The molecule has 8 unspecified atom stereocenters. The Morgan fingerprint density at radius 2 is 1.78 bits per heavy atom. The zero-order chi connectivity index (χ0) is 16.4. The van der Waals surface area contributed by atoms with Crippen LogP contribution in [0.15, 0.2) is 0 Å². The molecular weight excluding hydrogens is 510 g/mol. The van der Waals surface area contributed by atoms with Crippen LogP contribution in [0.3, 0.4) is 0 Å². The van der Waals surface area contributed by atoms with Crippen molar-refractivity contribution in [2.45, 2.75) is 78.5 Å². The van der Waals surface area contributed by atoms with E-state index in [1.807, 2.05) is 6.92 Å². The van der Waals surface area contributed by atoms with Crippen molar-refractivity contribution in [1.82, 2.24) is 0 Å². The number of alkyl halides is 2. The maximum Gasteiger partial charge on any atom is 0.134 e. The Labute approximate surface area is 168 Å². The van der Waals surface area contributed by atoms with Crippen molar-refractivity contribution in [3.63, 3.8) is 0 Å². The van der Waals surface area contributed by atoms with Gasteiger partial charge in [0.1, 0.15) is 5.78 Å². The first kappa shape index (κ1) is 17.5. The number of halogens is 2. The van der Waals surface area contributed by atoms with E-state index in [0.717, 1.165) is 36.0 Å². The zero-order valence-electron chi connectivity index (χ0n) is 14.5. The predicted molar refractivity (Wildman–Crippen MR) is 112 cm³/mol. The van der Waals surface area contributed by atoms with Gasteiger partial charge in [-0.2, -0.15) is 0 Å². The molecule has 0 aromatic carbocycles. The second-order valence-corrected chi connectivity index (χ2v) is 13.1. The molecule has 0 radical (unpaired) electrons. The summed E-state index contributed by atoms with van der Waals surface area (Å²) in [5.41, 5.74) is 0. The van der Waals surface area contributed by atoms with Crippen LogP contribution in [-0.4, -0.2) is 12.6 Å².